The Labute approximate surface area is 109 Å². The van der Waals surface area contributed by atoms with Crippen molar-refractivity contribution >= 4 is 0 Å². The number of rotatable bonds is 7. The van der Waals surface area contributed by atoms with Crippen LogP contribution in [0.5, 0.6) is 0 Å². The van der Waals surface area contributed by atoms with Crippen LogP contribution >= 0.6 is 0 Å². The van der Waals surface area contributed by atoms with E-state index in [-0.39, 0.29) is 0 Å². The predicted molar refractivity (Wildman–Crippen MR) is 76.3 cm³/mol. The number of hydrogen-bond acceptors (Lipinski definition) is 2. The lowest BCUT2D eigenvalue weighted by Gasteiger charge is -2.42. The largest absolute Gasteiger partial charge is 0.381 e. The molecule has 0 aliphatic rings. The molecule has 0 N–H and O–H groups in total. The normalized spacial score (nSPS) is 18.2. The molecular weight excluding hydrogens is 210 g/mol. The first kappa shape index (κ1) is 16.9. The predicted octanol–water partition coefficient (Wildman–Crippen LogP) is 3.66. The molecule has 2 heteroatoms. The summed E-state index contributed by atoms with van der Waals surface area (Å²) in [5.74, 6) is 1.76. The van der Waals surface area contributed by atoms with E-state index in [1.165, 1.54) is 0 Å². The summed E-state index contributed by atoms with van der Waals surface area (Å²) < 4.78 is 5.71. The third-order valence-electron chi connectivity index (χ3n) is 3.95. The zero-order valence-corrected chi connectivity index (χ0v) is 13.3. The molecule has 0 rings (SSSR count). The fraction of sp³-hybridized carbons (Fsp3) is 1.00. The molecule has 0 spiro atoms. The van der Waals surface area contributed by atoms with E-state index < -0.39 is 0 Å². The summed E-state index contributed by atoms with van der Waals surface area (Å²) in [6.07, 6.45) is 0.337. The van der Waals surface area contributed by atoms with Crippen molar-refractivity contribution in [2.24, 2.45) is 17.8 Å². The van der Waals surface area contributed by atoms with Gasteiger partial charge in [-0.25, -0.2) is 0 Å². The first-order valence-electron chi connectivity index (χ1n) is 6.98. The molecular formula is C15H33NO. The maximum absolute atomic E-state index is 5.71. The third-order valence-corrected chi connectivity index (χ3v) is 3.95. The van der Waals surface area contributed by atoms with Crippen LogP contribution in [-0.2, 0) is 4.74 Å². The Morgan fingerprint density at radius 3 is 1.53 bits per heavy atom. The molecule has 0 fully saturated rings. The van der Waals surface area contributed by atoms with E-state index in [1.807, 2.05) is 7.11 Å². The first-order chi connectivity index (χ1) is 7.73. The van der Waals surface area contributed by atoms with Gasteiger partial charge >= 0.3 is 0 Å². The summed E-state index contributed by atoms with van der Waals surface area (Å²) in [4.78, 5) is 2.49. The third kappa shape index (κ3) is 4.59. The summed E-state index contributed by atoms with van der Waals surface area (Å²) >= 11 is 0. The van der Waals surface area contributed by atoms with Gasteiger partial charge in [-0.3, -0.25) is 0 Å². The SMILES string of the molecule is COC(C(C)C)C(C)C(C(C)C)N(C)C(C)C. The van der Waals surface area contributed by atoms with Gasteiger partial charge in [-0.2, -0.15) is 0 Å². The maximum Gasteiger partial charge on any atom is 0.0634 e. The highest BCUT2D eigenvalue weighted by atomic mass is 16.5. The van der Waals surface area contributed by atoms with Crippen molar-refractivity contribution in [2.75, 3.05) is 14.2 Å². The first-order valence-corrected chi connectivity index (χ1v) is 6.98. The van der Waals surface area contributed by atoms with Crippen molar-refractivity contribution in [2.45, 2.75) is 66.7 Å². The molecule has 104 valence electrons. The van der Waals surface area contributed by atoms with Crippen LogP contribution in [0.1, 0.15) is 48.5 Å². The monoisotopic (exact) mass is 243 g/mol. The second kappa shape index (κ2) is 7.38. The second-order valence-corrected chi connectivity index (χ2v) is 6.30. The van der Waals surface area contributed by atoms with Gasteiger partial charge in [0.1, 0.15) is 0 Å². The van der Waals surface area contributed by atoms with Crippen molar-refractivity contribution in [3.05, 3.63) is 0 Å². The van der Waals surface area contributed by atoms with Gasteiger partial charge in [0.05, 0.1) is 6.10 Å². The van der Waals surface area contributed by atoms with Crippen LogP contribution in [0, 0.1) is 17.8 Å². The maximum atomic E-state index is 5.71. The summed E-state index contributed by atoms with van der Waals surface area (Å²) in [6.45, 7) is 16.0. The van der Waals surface area contributed by atoms with Crippen molar-refractivity contribution in [1.29, 1.82) is 0 Å². The molecule has 0 amide bonds. The number of hydrogen-bond donors (Lipinski definition) is 0. The molecule has 0 aromatic heterocycles. The average Bonchev–Trinajstić information content (AvgIpc) is 2.17. The minimum absolute atomic E-state index is 0.337. The molecule has 0 radical (unpaired) electrons. The average molecular weight is 243 g/mol. The topological polar surface area (TPSA) is 12.5 Å². The molecule has 0 aliphatic carbocycles. The van der Waals surface area contributed by atoms with Crippen molar-refractivity contribution in [3.8, 4) is 0 Å². The van der Waals surface area contributed by atoms with E-state index >= 15 is 0 Å². The van der Waals surface area contributed by atoms with Crippen LogP contribution in [-0.4, -0.2) is 37.2 Å². The molecule has 0 saturated carbocycles. The standard InChI is InChI=1S/C15H33NO/c1-10(2)14(16(8)12(5)6)13(7)15(17-9)11(3)4/h10-15H,1-9H3. The smallest absolute Gasteiger partial charge is 0.0634 e. The summed E-state index contributed by atoms with van der Waals surface area (Å²) in [7, 11) is 4.08. The van der Waals surface area contributed by atoms with Crippen molar-refractivity contribution in [1.82, 2.24) is 4.90 Å². The minimum atomic E-state index is 0.337. The Morgan fingerprint density at radius 1 is 0.824 bits per heavy atom. The lowest BCUT2D eigenvalue weighted by molar-refractivity contribution is -0.0265. The van der Waals surface area contributed by atoms with Gasteiger partial charge in [-0.05, 0) is 38.6 Å². The lowest BCUT2D eigenvalue weighted by Crippen LogP contribution is -2.49. The Balaban J connectivity index is 4.92. The summed E-state index contributed by atoms with van der Waals surface area (Å²) in [5, 5.41) is 0. The molecule has 2 nitrogen and oxygen atoms in total. The van der Waals surface area contributed by atoms with E-state index in [1.54, 1.807) is 0 Å². The lowest BCUT2D eigenvalue weighted by atomic mass is 9.82. The zero-order chi connectivity index (χ0) is 13.7. The van der Waals surface area contributed by atoms with Crippen LogP contribution < -0.4 is 0 Å². The Kier molecular flexibility index (Phi) is 7.34. The highest BCUT2D eigenvalue weighted by molar-refractivity contribution is 4.85. The van der Waals surface area contributed by atoms with Crippen LogP contribution in [0.15, 0.2) is 0 Å². The molecule has 0 aliphatic heterocycles. The van der Waals surface area contributed by atoms with Gasteiger partial charge in [0, 0.05) is 19.2 Å². The van der Waals surface area contributed by atoms with Crippen LogP contribution in [0.3, 0.4) is 0 Å². The quantitative estimate of drug-likeness (QED) is 0.676. The van der Waals surface area contributed by atoms with Gasteiger partial charge in [0.2, 0.25) is 0 Å². The molecule has 3 atom stereocenters. The molecule has 3 unspecified atom stereocenters. The van der Waals surface area contributed by atoms with Gasteiger partial charge in [0.25, 0.3) is 0 Å². The van der Waals surface area contributed by atoms with Gasteiger partial charge in [-0.15, -0.1) is 0 Å². The molecule has 0 saturated heterocycles. The van der Waals surface area contributed by atoms with Crippen molar-refractivity contribution in [3.63, 3.8) is 0 Å². The van der Waals surface area contributed by atoms with Gasteiger partial charge < -0.3 is 9.64 Å². The van der Waals surface area contributed by atoms with Crippen LogP contribution in [0.2, 0.25) is 0 Å². The van der Waals surface area contributed by atoms with Crippen LogP contribution in [0.4, 0.5) is 0 Å². The van der Waals surface area contributed by atoms with E-state index in [9.17, 15) is 0 Å². The summed E-state index contributed by atoms with van der Waals surface area (Å²) in [5.41, 5.74) is 0. The van der Waals surface area contributed by atoms with Crippen molar-refractivity contribution < 1.29 is 4.74 Å². The van der Waals surface area contributed by atoms with Gasteiger partial charge in [0.15, 0.2) is 0 Å². The Bertz CT molecular complexity index is 201. The Hall–Kier alpha value is -0.0800. The molecule has 0 heterocycles. The minimum Gasteiger partial charge on any atom is -0.381 e. The van der Waals surface area contributed by atoms with E-state index in [0.29, 0.717) is 35.9 Å². The summed E-state index contributed by atoms with van der Waals surface area (Å²) in [6, 6.07) is 1.15. The fourth-order valence-electron chi connectivity index (χ4n) is 3.08. The van der Waals surface area contributed by atoms with Gasteiger partial charge in [-0.1, -0.05) is 34.6 Å². The molecule has 17 heavy (non-hydrogen) atoms. The van der Waals surface area contributed by atoms with Crippen LogP contribution in [0.25, 0.3) is 0 Å². The number of nitrogens with zero attached hydrogens (tertiary/aromatic N) is 1. The van der Waals surface area contributed by atoms with E-state index in [0.717, 1.165) is 0 Å². The molecule has 0 aromatic rings. The second-order valence-electron chi connectivity index (χ2n) is 6.30. The molecule has 0 bridgehead atoms. The highest BCUT2D eigenvalue weighted by Gasteiger charge is 2.33. The number of methoxy groups -OCH3 is 1. The zero-order valence-electron chi connectivity index (χ0n) is 13.3. The molecule has 0 aromatic carbocycles. The highest BCUT2D eigenvalue weighted by Crippen LogP contribution is 2.27. The van der Waals surface area contributed by atoms with E-state index in [2.05, 4.69) is 60.4 Å². The Morgan fingerprint density at radius 2 is 1.29 bits per heavy atom. The van der Waals surface area contributed by atoms with E-state index in [4.69, 9.17) is 4.74 Å². The fourth-order valence-corrected chi connectivity index (χ4v) is 3.08. The number of ether oxygens (including phenoxy) is 1.